The second-order valence-electron chi connectivity index (χ2n) is 4.40. The Kier molecular flexibility index (Phi) is 2.21. The second kappa shape index (κ2) is 2.67. The van der Waals surface area contributed by atoms with Crippen LogP contribution in [0.3, 0.4) is 0 Å². The summed E-state index contributed by atoms with van der Waals surface area (Å²) >= 11 is 0. The first-order valence-electron chi connectivity index (χ1n) is 4.15. The summed E-state index contributed by atoms with van der Waals surface area (Å²) in [5.74, 6) is 0. The van der Waals surface area contributed by atoms with Crippen LogP contribution in [0.1, 0.15) is 33.6 Å². The monoisotopic (exact) mass is 175 g/mol. The molecule has 4 heteroatoms. The molecule has 0 aromatic carbocycles. The smallest absolute Gasteiger partial charge is 0.140 e. The normalized spacial score (nSPS) is 43.0. The number of hydrogen-bond acceptors (Lipinski definition) is 4. The topological polar surface area (TPSA) is 63.9 Å². The molecule has 2 atom stereocenters. The van der Waals surface area contributed by atoms with Crippen molar-refractivity contribution < 1.29 is 15.4 Å². The summed E-state index contributed by atoms with van der Waals surface area (Å²) in [7, 11) is 0. The fourth-order valence-corrected chi connectivity index (χ4v) is 1.92. The fourth-order valence-electron chi connectivity index (χ4n) is 1.92. The Morgan fingerprint density at radius 2 is 1.75 bits per heavy atom. The van der Waals surface area contributed by atoms with Crippen LogP contribution in [0.4, 0.5) is 0 Å². The van der Waals surface area contributed by atoms with Crippen LogP contribution in [0.5, 0.6) is 0 Å². The molecule has 0 saturated carbocycles. The molecule has 0 bridgehead atoms. The van der Waals surface area contributed by atoms with E-state index in [1.807, 2.05) is 0 Å². The highest BCUT2D eigenvalue weighted by molar-refractivity contribution is 4.92. The van der Waals surface area contributed by atoms with E-state index < -0.39 is 17.4 Å². The van der Waals surface area contributed by atoms with E-state index >= 15 is 0 Å². The summed E-state index contributed by atoms with van der Waals surface area (Å²) in [6, 6.07) is 0. The molecule has 1 aliphatic heterocycles. The molecule has 2 unspecified atom stereocenters. The SMILES string of the molecule is CC1(C)CC(O)CC(C)(O)N1O. The molecule has 1 rings (SSSR count). The minimum absolute atomic E-state index is 0.187. The summed E-state index contributed by atoms with van der Waals surface area (Å²) in [5, 5.41) is 29.5. The maximum absolute atomic E-state index is 9.66. The Labute approximate surface area is 72.4 Å². The summed E-state index contributed by atoms with van der Waals surface area (Å²) < 4.78 is 0. The number of hydroxylamine groups is 2. The van der Waals surface area contributed by atoms with Gasteiger partial charge < -0.3 is 15.4 Å². The number of aliphatic hydroxyl groups is 2. The van der Waals surface area contributed by atoms with E-state index in [2.05, 4.69) is 0 Å². The molecular weight excluding hydrogens is 158 g/mol. The molecule has 0 aromatic heterocycles. The molecule has 0 radical (unpaired) electrons. The minimum Gasteiger partial charge on any atom is -0.393 e. The van der Waals surface area contributed by atoms with E-state index in [9.17, 15) is 15.4 Å². The van der Waals surface area contributed by atoms with Gasteiger partial charge in [-0.05, 0) is 27.2 Å². The van der Waals surface area contributed by atoms with Crippen molar-refractivity contribution in [3.05, 3.63) is 0 Å². The third-order valence-electron chi connectivity index (χ3n) is 2.39. The van der Waals surface area contributed by atoms with Crippen LogP contribution in [0.2, 0.25) is 0 Å². The van der Waals surface area contributed by atoms with Gasteiger partial charge in [-0.1, -0.05) is 0 Å². The zero-order chi connectivity index (χ0) is 9.57. The van der Waals surface area contributed by atoms with E-state index in [4.69, 9.17) is 0 Å². The van der Waals surface area contributed by atoms with E-state index in [1.165, 1.54) is 6.92 Å². The first-order chi connectivity index (χ1) is 5.26. The standard InChI is InChI=1S/C8H17NO3/c1-7(2)4-6(10)5-8(3,11)9(7)12/h6,10-12H,4-5H2,1-3H3. The van der Waals surface area contributed by atoms with E-state index in [1.54, 1.807) is 13.8 Å². The van der Waals surface area contributed by atoms with Gasteiger partial charge in [-0.3, -0.25) is 0 Å². The van der Waals surface area contributed by atoms with Crippen LogP contribution >= 0.6 is 0 Å². The van der Waals surface area contributed by atoms with Gasteiger partial charge in [0.1, 0.15) is 5.72 Å². The lowest BCUT2D eigenvalue weighted by molar-refractivity contribution is -0.328. The summed E-state index contributed by atoms with van der Waals surface area (Å²) in [4.78, 5) is 0. The van der Waals surface area contributed by atoms with Gasteiger partial charge in [-0.15, -0.1) is 0 Å². The third kappa shape index (κ3) is 1.61. The molecule has 1 saturated heterocycles. The highest BCUT2D eigenvalue weighted by Gasteiger charge is 2.46. The van der Waals surface area contributed by atoms with Crippen molar-refractivity contribution in [1.82, 2.24) is 5.06 Å². The summed E-state index contributed by atoms with van der Waals surface area (Å²) in [6.45, 7) is 5.06. The van der Waals surface area contributed by atoms with Crippen LogP contribution in [0.25, 0.3) is 0 Å². The van der Waals surface area contributed by atoms with Gasteiger partial charge >= 0.3 is 0 Å². The van der Waals surface area contributed by atoms with Crippen molar-refractivity contribution in [3.8, 4) is 0 Å². The number of nitrogens with zero attached hydrogens (tertiary/aromatic N) is 1. The van der Waals surface area contributed by atoms with Crippen LogP contribution in [0.15, 0.2) is 0 Å². The molecule has 0 spiro atoms. The zero-order valence-electron chi connectivity index (χ0n) is 7.78. The molecule has 72 valence electrons. The van der Waals surface area contributed by atoms with Gasteiger partial charge in [0.15, 0.2) is 0 Å². The largest absolute Gasteiger partial charge is 0.393 e. The Hall–Kier alpha value is -0.160. The molecular formula is C8H17NO3. The van der Waals surface area contributed by atoms with Gasteiger partial charge in [-0.2, -0.15) is 5.06 Å². The number of hydrogen-bond donors (Lipinski definition) is 3. The van der Waals surface area contributed by atoms with E-state index in [0.717, 1.165) is 5.06 Å². The van der Waals surface area contributed by atoms with Crippen molar-refractivity contribution in [2.45, 2.75) is 51.0 Å². The highest BCUT2D eigenvalue weighted by atomic mass is 16.5. The van der Waals surface area contributed by atoms with Crippen LogP contribution in [-0.4, -0.2) is 37.9 Å². The quantitative estimate of drug-likeness (QED) is 0.496. The van der Waals surface area contributed by atoms with Gasteiger partial charge in [-0.25, -0.2) is 0 Å². The predicted octanol–water partition coefficient (Wildman–Crippen LogP) is 0.319. The molecule has 4 nitrogen and oxygen atoms in total. The predicted molar refractivity (Wildman–Crippen MR) is 43.6 cm³/mol. The maximum atomic E-state index is 9.66. The van der Waals surface area contributed by atoms with Crippen LogP contribution in [0, 0.1) is 0 Å². The Morgan fingerprint density at radius 1 is 1.25 bits per heavy atom. The van der Waals surface area contributed by atoms with Crippen LogP contribution < -0.4 is 0 Å². The Morgan fingerprint density at radius 3 is 2.17 bits per heavy atom. The molecule has 1 heterocycles. The van der Waals surface area contributed by atoms with Gasteiger partial charge in [0.2, 0.25) is 0 Å². The zero-order valence-corrected chi connectivity index (χ0v) is 7.78. The Bertz CT molecular complexity index is 161. The van der Waals surface area contributed by atoms with Crippen molar-refractivity contribution in [2.75, 3.05) is 0 Å². The maximum Gasteiger partial charge on any atom is 0.140 e. The van der Waals surface area contributed by atoms with Crippen molar-refractivity contribution in [2.24, 2.45) is 0 Å². The average Bonchev–Trinajstić information content (AvgIpc) is 1.80. The molecule has 1 fully saturated rings. The molecule has 12 heavy (non-hydrogen) atoms. The van der Waals surface area contributed by atoms with Gasteiger partial charge in [0.25, 0.3) is 0 Å². The number of aliphatic hydroxyl groups excluding tert-OH is 1. The Balaban J connectivity index is 2.84. The van der Waals surface area contributed by atoms with Gasteiger partial charge in [0, 0.05) is 12.0 Å². The second-order valence-corrected chi connectivity index (χ2v) is 4.40. The molecule has 1 aliphatic rings. The van der Waals surface area contributed by atoms with Crippen molar-refractivity contribution >= 4 is 0 Å². The molecule has 3 N–H and O–H groups in total. The van der Waals surface area contributed by atoms with Gasteiger partial charge in [0.05, 0.1) is 6.10 Å². The molecule has 0 aromatic rings. The van der Waals surface area contributed by atoms with Crippen LogP contribution in [-0.2, 0) is 0 Å². The molecule has 0 amide bonds. The van der Waals surface area contributed by atoms with Crippen molar-refractivity contribution in [3.63, 3.8) is 0 Å². The minimum atomic E-state index is -1.32. The fraction of sp³-hybridized carbons (Fsp3) is 1.00. The van der Waals surface area contributed by atoms with Crippen molar-refractivity contribution in [1.29, 1.82) is 0 Å². The first kappa shape index (κ1) is 9.92. The number of piperidine rings is 1. The highest BCUT2D eigenvalue weighted by Crippen LogP contribution is 2.34. The lowest BCUT2D eigenvalue weighted by Crippen LogP contribution is -2.61. The molecule has 0 aliphatic carbocycles. The first-order valence-corrected chi connectivity index (χ1v) is 4.15. The average molecular weight is 175 g/mol. The lowest BCUT2D eigenvalue weighted by atomic mass is 9.85. The summed E-state index contributed by atoms with van der Waals surface area (Å²) in [5.41, 5.74) is -1.89. The third-order valence-corrected chi connectivity index (χ3v) is 2.39. The van der Waals surface area contributed by atoms with E-state index in [0.29, 0.717) is 6.42 Å². The van der Waals surface area contributed by atoms with E-state index in [-0.39, 0.29) is 6.42 Å². The lowest BCUT2D eigenvalue weighted by Gasteiger charge is -2.48. The summed E-state index contributed by atoms with van der Waals surface area (Å²) in [6.07, 6.45) is 0.116. The number of rotatable bonds is 0.